The molecule has 0 aliphatic heterocycles. The number of halogens is 1. The highest BCUT2D eigenvalue weighted by Crippen LogP contribution is 2.27. The molecule has 0 unspecified atom stereocenters. The smallest absolute Gasteiger partial charge is 0.238 e. The van der Waals surface area contributed by atoms with Crippen LogP contribution in [0, 0.1) is 5.82 Å². The van der Waals surface area contributed by atoms with E-state index >= 15 is 0 Å². The number of aryl methyl sites for hydroxylation is 1. The van der Waals surface area contributed by atoms with E-state index in [1.54, 1.807) is 38.5 Å². The van der Waals surface area contributed by atoms with Crippen molar-refractivity contribution in [2.24, 2.45) is 0 Å². The summed E-state index contributed by atoms with van der Waals surface area (Å²) in [6, 6.07) is 11.6. The van der Waals surface area contributed by atoms with E-state index in [0.29, 0.717) is 17.9 Å². The van der Waals surface area contributed by atoms with Gasteiger partial charge in [-0.15, -0.1) is 0 Å². The summed E-state index contributed by atoms with van der Waals surface area (Å²) in [6.07, 6.45) is 0.756. The van der Waals surface area contributed by atoms with Crippen molar-refractivity contribution in [3.8, 4) is 11.5 Å². The van der Waals surface area contributed by atoms with E-state index in [1.807, 2.05) is 12.1 Å². The van der Waals surface area contributed by atoms with Gasteiger partial charge in [0.15, 0.2) is 16.6 Å². The van der Waals surface area contributed by atoms with E-state index in [2.05, 4.69) is 16.2 Å². The second-order valence-corrected chi connectivity index (χ2v) is 5.70. The van der Waals surface area contributed by atoms with Gasteiger partial charge in [0.25, 0.3) is 0 Å². The second kappa shape index (κ2) is 9.57. The number of hydrogen-bond acceptors (Lipinski definition) is 4. The molecule has 8 heteroatoms. The van der Waals surface area contributed by atoms with Crippen LogP contribution in [0.1, 0.15) is 12.0 Å². The summed E-state index contributed by atoms with van der Waals surface area (Å²) in [5.41, 5.74) is 6.18. The zero-order valence-electron chi connectivity index (χ0n) is 14.5. The van der Waals surface area contributed by atoms with E-state index in [4.69, 9.17) is 21.7 Å². The molecule has 0 saturated carbocycles. The second-order valence-electron chi connectivity index (χ2n) is 5.30. The van der Waals surface area contributed by atoms with Crippen LogP contribution in [0.15, 0.2) is 42.5 Å². The number of hydrazine groups is 1. The molecule has 2 aromatic rings. The minimum Gasteiger partial charge on any atom is -0.493 e. The number of nitrogens with one attached hydrogen (secondary N) is 3. The first-order chi connectivity index (χ1) is 12.5. The van der Waals surface area contributed by atoms with Crippen molar-refractivity contribution in [2.75, 3.05) is 19.5 Å². The lowest BCUT2D eigenvalue weighted by Crippen LogP contribution is -2.43. The van der Waals surface area contributed by atoms with Crippen LogP contribution in [0.4, 0.5) is 10.1 Å². The summed E-state index contributed by atoms with van der Waals surface area (Å²) in [5, 5.41) is 2.76. The molecule has 26 heavy (non-hydrogen) atoms. The molecule has 0 aliphatic rings. The number of para-hydroxylation sites is 1. The fraction of sp³-hybridized carbons (Fsp3) is 0.222. The van der Waals surface area contributed by atoms with Gasteiger partial charge in [0.1, 0.15) is 5.82 Å². The van der Waals surface area contributed by atoms with Gasteiger partial charge >= 0.3 is 0 Å². The molecule has 2 aromatic carbocycles. The Kier molecular flexibility index (Phi) is 7.16. The minimum atomic E-state index is -0.434. The van der Waals surface area contributed by atoms with E-state index in [0.717, 1.165) is 5.56 Å². The van der Waals surface area contributed by atoms with Gasteiger partial charge in [-0.1, -0.05) is 18.2 Å². The maximum absolute atomic E-state index is 13.5. The summed E-state index contributed by atoms with van der Waals surface area (Å²) in [6.45, 7) is 0. The molecule has 0 aromatic heterocycles. The Bertz CT molecular complexity index is 786. The molecular formula is C18H20FN3O3S. The average molecular weight is 377 g/mol. The summed E-state index contributed by atoms with van der Waals surface area (Å²) < 4.78 is 23.9. The van der Waals surface area contributed by atoms with Crippen LogP contribution in [0.2, 0.25) is 0 Å². The lowest BCUT2D eigenvalue weighted by Gasteiger charge is -2.12. The van der Waals surface area contributed by atoms with Gasteiger partial charge in [-0.05, 0) is 48.5 Å². The normalized spacial score (nSPS) is 9.96. The minimum absolute atomic E-state index is 0.0922. The van der Waals surface area contributed by atoms with Crippen LogP contribution < -0.4 is 25.6 Å². The number of anilines is 1. The van der Waals surface area contributed by atoms with Gasteiger partial charge in [0, 0.05) is 6.42 Å². The van der Waals surface area contributed by atoms with Crippen molar-refractivity contribution in [3.63, 3.8) is 0 Å². The molecule has 0 heterocycles. The van der Waals surface area contributed by atoms with Crippen LogP contribution >= 0.6 is 12.2 Å². The first-order valence-electron chi connectivity index (χ1n) is 7.84. The molecule has 0 radical (unpaired) electrons. The highest BCUT2D eigenvalue weighted by atomic mass is 32.1. The van der Waals surface area contributed by atoms with Crippen LogP contribution in [-0.2, 0) is 11.2 Å². The Balaban J connectivity index is 1.78. The topological polar surface area (TPSA) is 71.6 Å². The number of methoxy groups -OCH3 is 2. The standard InChI is InChI=1S/C18H20FN3O3S/c1-24-15-9-7-12(11-16(15)25-2)8-10-17(23)21-22-18(26)20-14-6-4-3-5-13(14)19/h3-7,9,11H,8,10H2,1-2H3,(H,21,23)(H2,20,22,26). The number of ether oxygens (including phenoxy) is 2. The van der Waals surface area contributed by atoms with Gasteiger partial charge < -0.3 is 14.8 Å². The van der Waals surface area contributed by atoms with Gasteiger partial charge in [-0.25, -0.2) is 4.39 Å². The predicted octanol–water partition coefficient (Wildman–Crippen LogP) is 2.79. The number of carbonyl (C=O) groups excluding carboxylic acids is 1. The molecule has 0 saturated heterocycles. The first kappa shape index (κ1) is 19.5. The zero-order valence-corrected chi connectivity index (χ0v) is 15.3. The van der Waals surface area contributed by atoms with Crippen LogP contribution in [0.3, 0.4) is 0 Å². The number of carbonyl (C=O) groups is 1. The summed E-state index contributed by atoms with van der Waals surface area (Å²) >= 11 is 5.02. The fourth-order valence-corrected chi connectivity index (χ4v) is 2.36. The predicted molar refractivity (Wildman–Crippen MR) is 102 cm³/mol. The Morgan fingerprint density at radius 3 is 2.50 bits per heavy atom. The van der Waals surface area contributed by atoms with E-state index in [1.165, 1.54) is 6.07 Å². The molecule has 2 rings (SSSR count). The lowest BCUT2D eigenvalue weighted by molar-refractivity contribution is -0.121. The summed E-state index contributed by atoms with van der Waals surface area (Å²) in [7, 11) is 3.12. The third-order valence-electron chi connectivity index (χ3n) is 3.53. The van der Waals surface area contributed by atoms with E-state index in [-0.39, 0.29) is 23.1 Å². The largest absolute Gasteiger partial charge is 0.493 e. The highest BCUT2D eigenvalue weighted by molar-refractivity contribution is 7.80. The van der Waals surface area contributed by atoms with Crippen molar-refractivity contribution in [2.45, 2.75) is 12.8 Å². The number of rotatable bonds is 6. The number of amides is 1. The summed E-state index contributed by atoms with van der Waals surface area (Å²) in [5.74, 6) is 0.555. The third kappa shape index (κ3) is 5.59. The first-order valence-corrected chi connectivity index (χ1v) is 8.25. The van der Waals surface area contributed by atoms with Crippen LogP contribution in [-0.4, -0.2) is 25.2 Å². The van der Waals surface area contributed by atoms with Gasteiger partial charge in [0.2, 0.25) is 5.91 Å². The van der Waals surface area contributed by atoms with E-state index < -0.39 is 5.82 Å². The number of hydrogen-bond donors (Lipinski definition) is 3. The van der Waals surface area contributed by atoms with Gasteiger partial charge in [0.05, 0.1) is 19.9 Å². The maximum atomic E-state index is 13.5. The lowest BCUT2D eigenvalue weighted by atomic mass is 10.1. The SMILES string of the molecule is COc1ccc(CCC(=O)NNC(=S)Nc2ccccc2F)cc1OC. The maximum Gasteiger partial charge on any atom is 0.238 e. The highest BCUT2D eigenvalue weighted by Gasteiger charge is 2.08. The molecule has 0 spiro atoms. The van der Waals surface area contributed by atoms with E-state index in [9.17, 15) is 9.18 Å². The molecule has 0 bridgehead atoms. The molecule has 6 nitrogen and oxygen atoms in total. The fourth-order valence-electron chi connectivity index (χ4n) is 2.20. The van der Waals surface area contributed by atoms with Crippen molar-refractivity contribution >= 4 is 28.9 Å². The van der Waals surface area contributed by atoms with Gasteiger partial charge in [-0.2, -0.15) is 0 Å². The Morgan fingerprint density at radius 2 is 1.81 bits per heavy atom. The monoisotopic (exact) mass is 377 g/mol. The molecule has 3 N–H and O–H groups in total. The third-order valence-corrected chi connectivity index (χ3v) is 3.73. The quantitative estimate of drug-likeness (QED) is 0.531. The van der Waals surface area contributed by atoms with Gasteiger partial charge in [-0.3, -0.25) is 15.6 Å². The molecule has 0 aliphatic carbocycles. The molecule has 138 valence electrons. The Labute approximate surface area is 156 Å². The van der Waals surface area contributed by atoms with Crippen molar-refractivity contribution in [1.29, 1.82) is 0 Å². The molecule has 1 amide bonds. The Hall–Kier alpha value is -2.87. The number of benzene rings is 2. The van der Waals surface area contributed by atoms with Crippen LogP contribution in [0.5, 0.6) is 11.5 Å². The Morgan fingerprint density at radius 1 is 1.08 bits per heavy atom. The molecule has 0 fully saturated rings. The molecule has 0 atom stereocenters. The average Bonchev–Trinajstić information content (AvgIpc) is 2.66. The van der Waals surface area contributed by atoms with Crippen LogP contribution in [0.25, 0.3) is 0 Å². The van der Waals surface area contributed by atoms with Crippen molar-refractivity contribution < 1.29 is 18.7 Å². The van der Waals surface area contributed by atoms with Crippen molar-refractivity contribution in [3.05, 3.63) is 53.8 Å². The summed E-state index contributed by atoms with van der Waals surface area (Å²) in [4.78, 5) is 11.9. The molecular weight excluding hydrogens is 357 g/mol. The zero-order chi connectivity index (χ0) is 18.9. The number of thiocarbonyl (C=S) groups is 1. The van der Waals surface area contributed by atoms with Crippen molar-refractivity contribution in [1.82, 2.24) is 10.9 Å².